The van der Waals surface area contributed by atoms with E-state index in [2.05, 4.69) is 4.98 Å². The molecule has 1 N–H and O–H groups in total. The lowest BCUT2D eigenvalue weighted by Gasteiger charge is -2.09. The normalized spacial score (nSPS) is 10.7. The van der Waals surface area contributed by atoms with Gasteiger partial charge in [-0.05, 0) is 25.1 Å². The standard InChI is InChI=1S/C15H19NO4S/c1-4-20-12-6-5-10(7-13(12)19-3)15-16-11(9-18-2)14(8-17)21-15/h5-7,17H,4,8-9H2,1-3H3. The summed E-state index contributed by atoms with van der Waals surface area (Å²) in [5.41, 5.74) is 1.70. The summed E-state index contributed by atoms with van der Waals surface area (Å²) in [6.07, 6.45) is 0. The Bertz CT molecular complexity index is 597. The van der Waals surface area contributed by atoms with Gasteiger partial charge in [-0.15, -0.1) is 11.3 Å². The molecule has 21 heavy (non-hydrogen) atoms. The predicted octanol–water partition coefficient (Wildman–Crippen LogP) is 2.86. The third-order valence-corrected chi connectivity index (χ3v) is 4.04. The first kappa shape index (κ1) is 15.8. The number of nitrogens with zero attached hydrogens (tertiary/aromatic N) is 1. The molecule has 0 aliphatic carbocycles. The summed E-state index contributed by atoms with van der Waals surface area (Å²) >= 11 is 1.45. The highest BCUT2D eigenvalue weighted by Crippen LogP contribution is 2.35. The molecule has 0 aliphatic heterocycles. The Kier molecular flexibility index (Phi) is 5.55. The average Bonchev–Trinajstić information content (AvgIpc) is 2.91. The first-order chi connectivity index (χ1) is 10.2. The molecule has 114 valence electrons. The van der Waals surface area contributed by atoms with Crippen LogP contribution in [-0.4, -0.2) is 30.9 Å². The number of thiazole rings is 1. The maximum absolute atomic E-state index is 9.39. The molecule has 0 atom stereocenters. The molecular weight excluding hydrogens is 290 g/mol. The molecule has 0 fully saturated rings. The van der Waals surface area contributed by atoms with E-state index in [1.807, 2.05) is 25.1 Å². The zero-order chi connectivity index (χ0) is 15.2. The molecule has 0 aliphatic rings. The van der Waals surface area contributed by atoms with Crippen LogP contribution in [0.25, 0.3) is 10.6 Å². The number of ether oxygens (including phenoxy) is 3. The summed E-state index contributed by atoms with van der Waals surface area (Å²) in [6.45, 7) is 2.86. The summed E-state index contributed by atoms with van der Waals surface area (Å²) in [4.78, 5) is 5.35. The van der Waals surface area contributed by atoms with Crippen LogP contribution in [0.15, 0.2) is 18.2 Å². The molecule has 0 spiro atoms. The Balaban J connectivity index is 2.37. The van der Waals surface area contributed by atoms with Crippen molar-refractivity contribution in [1.29, 1.82) is 0 Å². The highest BCUT2D eigenvalue weighted by Gasteiger charge is 2.14. The number of benzene rings is 1. The Morgan fingerprint density at radius 2 is 2.05 bits per heavy atom. The average molecular weight is 309 g/mol. The monoisotopic (exact) mass is 309 g/mol. The number of hydrogen-bond acceptors (Lipinski definition) is 6. The molecule has 0 radical (unpaired) electrons. The van der Waals surface area contributed by atoms with Gasteiger partial charge in [0.15, 0.2) is 11.5 Å². The Labute approximate surface area is 128 Å². The van der Waals surface area contributed by atoms with Gasteiger partial charge in [-0.3, -0.25) is 0 Å². The predicted molar refractivity (Wildman–Crippen MR) is 81.9 cm³/mol. The second kappa shape index (κ2) is 7.40. The molecule has 2 rings (SSSR count). The van der Waals surface area contributed by atoms with Gasteiger partial charge >= 0.3 is 0 Å². The van der Waals surface area contributed by atoms with Gasteiger partial charge in [-0.1, -0.05) is 0 Å². The number of hydrogen-bond donors (Lipinski definition) is 1. The minimum atomic E-state index is -0.0372. The largest absolute Gasteiger partial charge is 0.493 e. The topological polar surface area (TPSA) is 60.8 Å². The van der Waals surface area contributed by atoms with Crippen LogP contribution in [0, 0.1) is 0 Å². The van der Waals surface area contributed by atoms with Crippen molar-refractivity contribution in [2.45, 2.75) is 20.1 Å². The molecule has 0 bridgehead atoms. The zero-order valence-corrected chi connectivity index (χ0v) is 13.2. The van der Waals surface area contributed by atoms with Gasteiger partial charge < -0.3 is 19.3 Å². The van der Waals surface area contributed by atoms with E-state index in [9.17, 15) is 5.11 Å². The van der Waals surface area contributed by atoms with Crippen LogP contribution in [0.1, 0.15) is 17.5 Å². The SMILES string of the molecule is CCOc1ccc(-c2nc(COC)c(CO)s2)cc1OC. The van der Waals surface area contributed by atoms with Crippen molar-refractivity contribution in [3.8, 4) is 22.1 Å². The van der Waals surface area contributed by atoms with E-state index >= 15 is 0 Å². The first-order valence-corrected chi connectivity index (χ1v) is 7.44. The quantitative estimate of drug-likeness (QED) is 0.852. The molecule has 1 aromatic carbocycles. The van der Waals surface area contributed by atoms with E-state index in [-0.39, 0.29) is 6.61 Å². The maximum atomic E-state index is 9.39. The van der Waals surface area contributed by atoms with Crippen LogP contribution < -0.4 is 9.47 Å². The van der Waals surface area contributed by atoms with Crippen LogP contribution in [0.2, 0.25) is 0 Å². The van der Waals surface area contributed by atoms with Gasteiger partial charge in [0, 0.05) is 12.7 Å². The lowest BCUT2D eigenvalue weighted by atomic mass is 10.2. The highest BCUT2D eigenvalue weighted by molar-refractivity contribution is 7.15. The number of aromatic nitrogens is 1. The zero-order valence-electron chi connectivity index (χ0n) is 12.4. The van der Waals surface area contributed by atoms with Crippen molar-refractivity contribution in [2.75, 3.05) is 20.8 Å². The highest BCUT2D eigenvalue weighted by atomic mass is 32.1. The summed E-state index contributed by atoms with van der Waals surface area (Å²) in [6, 6.07) is 5.69. The minimum absolute atomic E-state index is 0.0372. The molecule has 6 heteroatoms. The molecule has 0 amide bonds. The second-order valence-electron chi connectivity index (χ2n) is 4.28. The van der Waals surface area contributed by atoms with E-state index in [4.69, 9.17) is 14.2 Å². The molecule has 0 saturated carbocycles. The third kappa shape index (κ3) is 3.53. The number of aliphatic hydroxyl groups excluding tert-OH is 1. The van der Waals surface area contributed by atoms with Crippen molar-refractivity contribution in [1.82, 2.24) is 4.98 Å². The third-order valence-electron chi connectivity index (χ3n) is 2.91. The van der Waals surface area contributed by atoms with Gasteiger partial charge in [-0.25, -0.2) is 4.98 Å². The van der Waals surface area contributed by atoms with Gasteiger partial charge in [0.05, 0.1) is 37.5 Å². The molecular formula is C15H19NO4S. The van der Waals surface area contributed by atoms with Crippen LogP contribution >= 0.6 is 11.3 Å². The molecule has 1 aromatic heterocycles. The van der Waals surface area contributed by atoms with Crippen molar-refractivity contribution in [3.05, 3.63) is 28.8 Å². The molecule has 5 nitrogen and oxygen atoms in total. The van der Waals surface area contributed by atoms with Gasteiger partial charge in [0.2, 0.25) is 0 Å². The summed E-state index contributed by atoms with van der Waals surface area (Å²) in [5.74, 6) is 1.38. The molecule has 0 saturated heterocycles. The second-order valence-corrected chi connectivity index (χ2v) is 5.36. The Morgan fingerprint density at radius 3 is 2.67 bits per heavy atom. The fourth-order valence-corrected chi connectivity index (χ4v) is 2.88. The fourth-order valence-electron chi connectivity index (χ4n) is 1.96. The van der Waals surface area contributed by atoms with Crippen molar-refractivity contribution >= 4 is 11.3 Å². The van der Waals surface area contributed by atoms with Crippen LogP contribution in [0.5, 0.6) is 11.5 Å². The Hall–Kier alpha value is -1.63. The van der Waals surface area contributed by atoms with Gasteiger partial charge in [0.1, 0.15) is 5.01 Å². The smallest absolute Gasteiger partial charge is 0.161 e. The van der Waals surface area contributed by atoms with E-state index in [0.29, 0.717) is 24.7 Å². The van der Waals surface area contributed by atoms with E-state index < -0.39 is 0 Å². The number of methoxy groups -OCH3 is 2. The van der Waals surface area contributed by atoms with Crippen LogP contribution in [0.3, 0.4) is 0 Å². The van der Waals surface area contributed by atoms with Crippen LogP contribution in [-0.2, 0) is 18.0 Å². The summed E-state index contributed by atoms with van der Waals surface area (Å²) < 4.78 is 16.0. The van der Waals surface area contributed by atoms with E-state index in [0.717, 1.165) is 21.1 Å². The molecule has 0 unspecified atom stereocenters. The van der Waals surface area contributed by atoms with Crippen molar-refractivity contribution < 1.29 is 19.3 Å². The van der Waals surface area contributed by atoms with Crippen LogP contribution in [0.4, 0.5) is 0 Å². The summed E-state index contributed by atoms with van der Waals surface area (Å²) in [7, 11) is 3.22. The fraction of sp³-hybridized carbons (Fsp3) is 0.400. The Morgan fingerprint density at radius 1 is 1.24 bits per heavy atom. The van der Waals surface area contributed by atoms with Gasteiger partial charge in [-0.2, -0.15) is 0 Å². The van der Waals surface area contributed by atoms with Gasteiger partial charge in [0.25, 0.3) is 0 Å². The summed E-state index contributed by atoms with van der Waals surface area (Å²) in [5, 5.41) is 10.2. The van der Waals surface area contributed by atoms with E-state index in [1.54, 1.807) is 14.2 Å². The lowest BCUT2D eigenvalue weighted by molar-refractivity contribution is 0.179. The lowest BCUT2D eigenvalue weighted by Crippen LogP contribution is -1.95. The number of rotatable bonds is 7. The maximum Gasteiger partial charge on any atom is 0.161 e. The minimum Gasteiger partial charge on any atom is -0.493 e. The number of aliphatic hydroxyl groups is 1. The molecule has 2 aromatic rings. The molecule has 1 heterocycles. The van der Waals surface area contributed by atoms with Crippen molar-refractivity contribution in [3.63, 3.8) is 0 Å². The first-order valence-electron chi connectivity index (χ1n) is 6.63. The van der Waals surface area contributed by atoms with E-state index in [1.165, 1.54) is 11.3 Å². The van der Waals surface area contributed by atoms with Crippen molar-refractivity contribution in [2.24, 2.45) is 0 Å².